The van der Waals surface area contributed by atoms with Crippen LogP contribution in [0.2, 0.25) is 0 Å². The Morgan fingerprint density at radius 2 is 2.19 bits per heavy atom. The smallest absolute Gasteiger partial charge is 0.324 e. The Morgan fingerprint density at radius 1 is 1.38 bits per heavy atom. The first kappa shape index (κ1) is 17.9. The van der Waals surface area contributed by atoms with Crippen molar-refractivity contribution in [3.8, 4) is 0 Å². The van der Waals surface area contributed by atoms with E-state index in [4.69, 9.17) is 12.3 Å². The van der Waals surface area contributed by atoms with Gasteiger partial charge in [0, 0.05) is 23.7 Å². The number of likely N-dealkylation sites (N-methyl/N-ethyl adjacent to an activating group) is 1. The summed E-state index contributed by atoms with van der Waals surface area (Å²) in [6.45, 7) is 11.7. The lowest BCUT2D eigenvalue weighted by atomic mass is 10.0. The molecule has 2 heterocycles. The third-order valence-electron chi connectivity index (χ3n) is 4.29. The summed E-state index contributed by atoms with van der Waals surface area (Å²) >= 11 is 1.39. The number of primary amides is 1. The van der Waals surface area contributed by atoms with Crippen molar-refractivity contribution >= 4 is 39.7 Å². The molecule has 0 bridgehead atoms. The number of nitrogens with one attached hydrogen (secondary N) is 2. The molecule has 1 aliphatic rings. The van der Waals surface area contributed by atoms with E-state index in [0.717, 1.165) is 36.5 Å². The summed E-state index contributed by atoms with van der Waals surface area (Å²) in [5, 5.41) is 5.89. The van der Waals surface area contributed by atoms with E-state index in [1.165, 1.54) is 11.3 Å². The second kappa shape index (κ2) is 7.56. The molecule has 0 saturated heterocycles. The van der Waals surface area contributed by atoms with Gasteiger partial charge in [-0.3, -0.25) is 15.0 Å². The van der Waals surface area contributed by atoms with Crippen LogP contribution in [0.1, 0.15) is 27.7 Å². The highest BCUT2D eigenvalue weighted by molar-refractivity contribution is 7.17. The first-order valence-corrected chi connectivity index (χ1v) is 9.05. The average Bonchev–Trinajstić information content (AvgIpc) is 2.98. The van der Waals surface area contributed by atoms with E-state index in [2.05, 4.69) is 27.3 Å². The maximum absolute atomic E-state index is 12.3. The number of amides is 3. The molecule has 134 valence electrons. The van der Waals surface area contributed by atoms with Crippen molar-refractivity contribution in [2.45, 2.75) is 19.9 Å². The van der Waals surface area contributed by atoms with E-state index in [-0.39, 0.29) is 0 Å². The number of hydrogen-bond donors (Lipinski definition) is 3. The molecule has 3 rings (SSSR count). The minimum atomic E-state index is -0.530. The van der Waals surface area contributed by atoms with Gasteiger partial charge in [0.05, 0.1) is 12.1 Å². The van der Waals surface area contributed by atoms with Crippen LogP contribution in [0.3, 0.4) is 0 Å². The number of benzene rings is 1. The molecule has 0 unspecified atom stereocenters. The molecule has 3 amide bonds. The largest absolute Gasteiger partial charge is 0.365 e. The molecule has 0 atom stereocenters. The molecule has 2 aromatic rings. The molecule has 0 fully saturated rings. The Kier molecular flexibility index (Phi) is 5.21. The highest BCUT2D eigenvalue weighted by Crippen LogP contribution is 2.37. The van der Waals surface area contributed by atoms with Gasteiger partial charge in [-0.25, -0.2) is 9.64 Å². The topological polar surface area (TPSA) is 91.8 Å². The molecule has 7 nitrogen and oxygen atoms in total. The maximum Gasteiger partial charge on any atom is 0.324 e. The van der Waals surface area contributed by atoms with Crippen LogP contribution < -0.4 is 16.4 Å². The van der Waals surface area contributed by atoms with Crippen molar-refractivity contribution in [2.75, 3.05) is 23.7 Å². The lowest BCUT2D eigenvalue weighted by Gasteiger charge is -2.25. The monoisotopic (exact) mass is 369 g/mol. The van der Waals surface area contributed by atoms with Crippen LogP contribution in [0.15, 0.2) is 24.3 Å². The molecule has 0 spiro atoms. The number of fused-ring (bicyclic) bond motifs is 1. The number of nitrogens with zero attached hydrogens (tertiary/aromatic N) is 2. The predicted molar refractivity (Wildman–Crippen MR) is 103 cm³/mol. The standard InChI is InChI=1S/C18H19N5O2S/c1-3-23-8-7-13-14(10-23)26-17(15(13)16(19)24)22-18(25)21-12-6-4-5-11(9-12)20-2/h4-6,9H,3,7-8,10H2,1H3,(H2,19,24)(H2,21,22,25). The van der Waals surface area contributed by atoms with Gasteiger partial charge in [0.15, 0.2) is 5.69 Å². The van der Waals surface area contributed by atoms with Crippen molar-refractivity contribution in [3.63, 3.8) is 0 Å². The predicted octanol–water partition coefficient (Wildman–Crippen LogP) is 3.42. The van der Waals surface area contributed by atoms with E-state index < -0.39 is 11.9 Å². The number of thiophene rings is 1. The lowest BCUT2D eigenvalue weighted by molar-refractivity contribution is 0.1000. The van der Waals surface area contributed by atoms with E-state index in [1.807, 2.05) is 0 Å². The second-order valence-electron chi connectivity index (χ2n) is 5.93. The summed E-state index contributed by atoms with van der Waals surface area (Å²) in [5.41, 5.74) is 7.86. The van der Waals surface area contributed by atoms with Crippen molar-refractivity contribution < 1.29 is 9.59 Å². The van der Waals surface area contributed by atoms with Crippen LogP contribution in [0.5, 0.6) is 0 Å². The third kappa shape index (κ3) is 3.69. The Hall–Kier alpha value is -2.89. The van der Waals surface area contributed by atoms with Gasteiger partial charge in [-0.2, -0.15) is 0 Å². The minimum Gasteiger partial charge on any atom is -0.365 e. The molecule has 0 radical (unpaired) electrons. The summed E-state index contributed by atoms with van der Waals surface area (Å²) in [4.78, 5) is 31.0. The van der Waals surface area contributed by atoms with Crippen LogP contribution in [0, 0.1) is 6.57 Å². The van der Waals surface area contributed by atoms with Gasteiger partial charge in [0.25, 0.3) is 5.91 Å². The number of hydrogen-bond acceptors (Lipinski definition) is 4. The zero-order valence-corrected chi connectivity index (χ0v) is 15.2. The SMILES string of the molecule is [C-]#[N+]c1cccc(NC(=O)Nc2sc3c(c2C(N)=O)CCN(CC)C3)c1. The molecule has 8 heteroatoms. The van der Waals surface area contributed by atoms with Gasteiger partial charge in [-0.15, -0.1) is 11.3 Å². The number of carbonyl (C=O) groups excluding carboxylic acids is 2. The Morgan fingerprint density at radius 3 is 2.88 bits per heavy atom. The number of nitrogens with two attached hydrogens (primary N) is 1. The van der Waals surface area contributed by atoms with Crippen molar-refractivity contribution in [1.82, 2.24) is 4.90 Å². The number of urea groups is 1. The number of rotatable bonds is 4. The van der Waals surface area contributed by atoms with E-state index in [9.17, 15) is 9.59 Å². The van der Waals surface area contributed by atoms with Gasteiger partial charge in [-0.1, -0.05) is 19.1 Å². The summed E-state index contributed by atoms with van der Waals surface area (Å²) in [6.07, 6.45) is 0.744. The first-order valence-electron chi connectivity index (χ1n) is 8.24. The molecule has 0 saturated carbocycles. The molecule has 26 heavy (non-hydrogen) atoms. The van der Waals surface area contributed by atoms with Gasteiger partial charge in [0.1, 0.15) is 5.00 Å². The minimum absolute atomic E-state index is 0.408. The molecule has 4 N–H and O–H groups in total. The second-order valence-corrected chi connectivity index (χ2v) is 7.04. The van der Waals surface area contributed by atoms with E-state index in [1.54, 1.807) is 24.3 Å². The zero-order valence-electron chi connectivity index (χ0n) is 14.3. The fourth-order valence-corrected chi connectivity index (χ4v) is 4.28. The Labute approximate surface area is 155 Å². The van der Waals surface area contributed by atoms with Crippen LogP contribution in [-0.2, 0) is 13.0 Å². The highest BCUT2D eigenvalue weighted by Gasteiger charge is 2.27. The van der Waals surface area contributed by atoms with Gasteiger partial charge in [0.2, 0.25) is 0 Å². The van der Waals surface area contributed by atoms with E-state index in [0.29, 0.717) is 21.9 Å². The summed E-state index contributed by atoms with van der Waals surface area (Å²) in [7, 11) is 0. The van der Waals surface area contributed by atoms with Crippen LogP contribution in [0.25, 0.3) is 4.85 Å². The van der Waals surface area contributed by atoms with Gasteiger partial charge < -0.3 is 11.1 Å². The molecule has 1 aromatic carbocycles. The van der Waals surface area contributed by atoms with Gasteiger partial charge in [-0.05, 0) is 30.7 Å². The van der Waals surface area contributed by atoms with Crippen LogP contribution in [0.4, 0.5) is 21.2 Å². The molecular formula is C18H19N5O2S. The van der Waals surface area contributed by atoms with Crippen LogP contribution in [-0.4, -0.2) is 29.9 Å². The van der Waals surface area contributed by atoms with E-state index >= 15 is 0 Å². The quantitative estimate of drug-likeness (QED) is 0.721. The van der Waals surface area contributed by atoms with Gasteiger partial charge >= 0.3 is 6.03 Å². The average molecular weight is 369 g/mol. The summed E-state index contributed by atoms with van der Waals surface area (Å²) in [5.74, 6) is -0.530. The number of carbonyl (C=O) groups is 2. The first-order chi connectivity index (χ1) is 12.5. The molecule has 0 aliphatic carbocycles. The summed E-state index contributed by atoms with van der Waals surface area (Å²) in [6, 6.07) is 6.16. The van der Waals surface area contributed by atoms with Crippen molar-refractivity contribution in [2.24, 2.45) is 5.73 Å². The maximum atomic E-state index is 12.3. The highest BCUT2D eigenvalue weighted by atomic mass is 32.1. The van der Waals surface area contributed by atoms with Crippen molar-refractivity contribution in [1.29, 1.82) is 0 Å². The molecule has 1 aliphatic heterocycles. The number of anilines is 2. The fraction of sp³-hybridized carbons (Fsp3) is 0.278. The normalized spacial score (nSPS) is 13.5. The summed E-state index contributed by atoms with van der Waals surface area (Å²) < 4.78 is 0. The molecular weight excluding hydrogens is 350 g/mol. The van der Waals surface area contributed by atoms with Crippen molar-refractivity contribution in [3.05, 3.63) is 51.7 Å². The molecule has 1 aromatic heterocycles. The zero-order chi connectivity index (χ0) is 18.7. The Bertz CT molecular complexity index is 899. The van der Waals surface area contributed by atoms with Crippen LogP contribution >= 0.6 is 11.3 Å². The third-order valence-corrected chi connectivity index (χ3v) is 5.42. The Balaban J connectivity index is 1.81. The fourth-order valence-electron chi connectivity index (χ4n) is 2.99. The lowest BCUT2D eigenvalue weighted by Crippen LogP contribution is -2.30.